The third-order valence-electron chi connectivity index (χ3n) is 1.01. The number of rotatable bonds is 5. The molecule has 11 heavy (non-hydrogen) atoms. The SMILES string of the molecule is CC(C)NCCOC(C)(F)F. The Kier molecular flexibility index (Phi) is 4.52. The van der Waals surface area contributed by atoms with E-state index >= 15 is 0 Å². The maximum Gasteiger partial charge on any atom is 0.352 e. The summed E-state index contributed by atoms with van der Waals surface area (Å²) in [4.78, 5) is 0. The van der Waals surface area contributed by atoms with Crippen molar-refractivity contribution in [2.45, 2.75) is 32.9 Å². The summed E-state index contributed by atoms with van der Waals surface area (Å²) in [5, 5.41) is 2.96. The van der Waals surface area contributed by atoms with E-state index in [1.165, 1.54) is 0 Å². The van der Waals surface area contributed by atoms with E-state index in [0.717, 1.165) is 6.92 Å². The van der Waals surface area contributed by atoms with E-state index in [9.17, 15) is 8.78 Å². The minimum atomic E-state index is -3.00. The molecule has 0 aliphatic rings. The van der Waals surface area contributed by atoms with Crippen molar-refractivity contribution in [1.29, 1.82) is 0 Å². The van der Waals surface area contributed by atoms with Crippen LogP contribution in [0.5, 0.6) is 0 Å². The van der Waals surface area contributed by atoms with Gasteiger partial charge >= 0.3 is 6.11 Å². The zero-order valence-corrected chi connectivity index (χ0v) is 7.16. The topological polar surface area (TPSA) is 21.3 Å². The molecule has 0 saturated heterocycles. The maximum atomic E-state index is 12.0. The molecule has 0 aliphatic heterocycles. The van der Waals surface area contributed by atoms with Gasteiger partial charge in [0.05, 0.1) is 6.61 Å². The Labute approximate surface area is 65.9 Å². The first kappa shape index (κ1) is 10.8. The largest absolute Gasteiger partial charge is 0.352 e. The predicted molar refractivity (Wildman–Crippen MR) is 39.7 cm³/mol. The van der Waals surface area contributed by atoms with E-state index in [-0.39, 0.29) is 6.61 Å². The first-order chi connectivity index (χ1) is 4.92. The molecule has 0 aliphatic carbocycles. The minimum absolute atomic E-state index is 0.0433. The van der Waals surface area contributed by atoms with Crippen molar-refractivity contribution in [3.8, 4) is 0 Å². The number of alkyl halides is 2. The molecule has 0 amide bonds. The molecule has 0 spiro atoms. The van der Waals surface area contributed by atoms with Gasteiger partial charge < -0.3 is 10.1 Å². The Morgan fingerprint density at radius 3 is 2.36 bits per heavy atom. The molecule has 0 heterocycles. The highest BCUT2D eigenvalue weighted by molar-refractivity contribution is 4.51. The molecule has 0 rings (SSSR count). The number of hydrogen-bond acceptors (Lipinski definition) is 2. The number of nitrogens with one attached hydrogen (secondary N) is 1. The van der Waals surface area contributed by atoms with Gasteiger partial charge in [0.25, 0.3) is 0 Å². The molecule has 0 aromatic rings. The highest BCUT2D eigenvalue weighted by Crippen LogP contribution is 2.11. The summed E-state index contributed by atoms with van der Waals surface area (Å²) in [5.41, 5.74) is 0. The van der Waals surface area contributed by atoms with Crippen LogP contribution in [-0.2, 0) is 4.74 Å². The fraction of sp³-hybridized carbons (Fsp3) is 1.00. The highest BCUT2D eigenvalue weighted by atomic mass is 19.3. The second-order valence-electron chi connectivity index (χ2n) is 2.77. The number of halogens is 2. The molecular weight excluding hydrogens is 152 g/mol. The first-order valence-electron chi connectivity index (χ1n) is 3.67. The van der Waals surface area contributed by atoms with Crippen LogP contribution in [0.25, 0.3) is 0 Å². The Hall–Kier alpha value is -0.220. The van der Waals surface area contributed by atoms with Crippen molar-refractivity contribution in [3.05, 3.63) is 0 Å². The lowest BCUT2D eigenvalue weighted by atomic mass is 10.4. The van der Waals surface area contributed by atoms with Crippen LogP contribution in [0.3, 0.4) is 0 Å². The second-order valence-corrected chi connectivity index (χ2v) is 2.77. The van der Waals surface area contributed by atoms with Gasteiger partial charge in [-0.15, -0.1) is 0 Å². The smallest absolute Gasteiger partial charge is 0.319 e. The van der Waals surface area contributed by atoms with E-state index in [1.54, 1.807) is 0 Å². The van der Waals surface area contributed by atoms with Crippen LogP contribution in [0.4, 0.5) is 8.78 Å². The van der Waals surface area contributed by atoms with Crippen molar-refractivity contribution in [1.82, 2.24) is 5.32 Å². The van der Waals surface area contributed by atoms with Crippen LogP contribution < -0.4 is 5.32 Å². The van der Waals surface area contributed by atoms with Crippen molar-refractivity contribution in [3.63, 3.8) is 0 Å². The Bertz CT molecular complexity index is 101. The minimum Gasteiger partial charge on any atom is -0.319 e. The molecule has 0 saturated carbocycles. The Balaban J connectivity index is 3.15. The molecule has 0 fully saturated rings. The van der Waals surface area contributed by atoms with Gasteiger partial charge in [0.2, 0.25) is 0 Å². The zero-order valence-electron chi connectivity index (χ0n) is 7.16. The fourth-order valence-electron chi connectivity index (χ4n) is 0.578. The maximum absolute atomic E-state index is 12.0. The molecule has 2 nitrogen and oxygen atoms in total. The van der Waals surface area contributed by atoms with Gasteiger partial charge in [0, 0.05) is 19.5 Å². The summed E-state index contributed by atoms with van der Waals surface area (Å²) >= 11 is 0. The summed E-state index contributed by atoms with van der Waals surface area (Å²) in [6, 6.07) is 0.309. The second kappa shape index (κ2) is 4.62. The first-order valence-corrected chi connectivity index (χ1v) is 3.67. The molecular formula is C7H15F2NO. The molecule has 0 bridgehead atoms. The lowest BCUT2D eigenvalue weighted by molar-refractivity contribution is -0.222. The summed E-state index contributed by atoms with van der Waals surface area (Å²) in [6.45, 7) is 5.14. The molecule has 0 radical (unpaired) electrons. The van der Waals surface area contributed by atoms with Gasteiger partial charge in [0.1, 0.15) is 0 Å². The standard InChI is InChI=1S/C7H15F2NO/c1-6(2)10-4-5-11-7(3,8)9/h6,10H,4-5H2,1-3H3. The van der Waals surface area contributed by atoms with Gasteiger partial charge in [-0.25, -0.2) is 0 Å². The van der Waals surface area contributed by atoms with E-state index in [0.29, 0.717) is 12.6 Å². The summed E-state index contributed by atoms with van der Waals surface area (Å²) < 4.78 is 28.2. The van der Waals surface area contributed by atoms with Crippen molar-refractivity contribution >= 4 is 0 Å². The Morgan fingerprint density at radius 1 is 1.45 bits per heavy atom. The molecule has 0 aromatic carbocycles. The molecule has 68 valence electrons. The lowest BCUT2D eigenvalue weighted by Gasteiger charge is -2.12. The van der Waals surface area contributed by atoms with Gasteiger partial charge in [-0.05, 0) is 0 Å². The predicted octanol–water partition coefficient (Wildman–Crippen LogP) is 1.61. The van der Waals surface area contributed by atoms with E-state index in [2.05, 4.69) is 10.1 Å². The monoisotopic (exact) mass is 167 g/mol. The van der Waals surface area contributed by atoms with Crippen LogP contribution in [0.1, 0.15) is 20.8 Å². The quantitative estimate of drug-likeness (QED) is 0.628. The number of ether oxygens (including phenoxy) is 1. The van der Waals surface area contributed by atoms with Gasteiger partial charge in [-0.3, -0.25) is 0 Å². The van der Waals surface area contributed by atoms with Crippen LogP contribution in [0.2, 0.25) is 0 Å². The normalized spacial score (nSPS) is 12.5. The Morgan fingerprint density at radius 2 is 2.00 bits per heavy atom. The highest BCUT2D eigenvalue weighted by Gasteiger charge is 2.20. The van der Waals surface area contributed by atoms with Crippen LogP contribution in [-0.4, -0.2) is 25.3 Å². The molecule has 0 atom stereocenters. The molecule has 0 aromatic heterocycles. The molecule has 1 N–H and O–H groups in total. The van der Waals surface area contributed by atoms with Gasteiger partial charge in [-0.1, -0.05) is 13.8 Å². The van der Waals surface area contributed by atoms with Crippen LogP contribution in [0, 0.1) is 0 Å². The average molecular weight is 167 g/mol. The van der Waals surface area contributed by atoms with Gasteiger partial charge in [0.15, 0.2) is 0 Å². The van der Waals surface area contributed by atoms with Crippen molar-refractivity contribution < 1.29 is 13.5 Å². The summed E-state index contributed by atoms with van der Waals surface area (Å²) in [7, 11) is 0. The van der Waals surface area contributed by atoms with E-state index < -0.39 is 6.11 Å². The number of hydrogen-bond donors (Lipinski definition) is 1. The third-order valence-corrected chi connectivity index (χ3v) is 1.01. The fourth-order valence-corrected chi connectivity index (χ4v) is 0.578. The van der Waals surface area contributed by atoms with E-state index in [1.807, 2.05) is 13.8 Å². The third kappa shape index (κ3) is 9.78. The van der Waals surface area contributed by atoms with Crippen molar-refractivity contribution in [2.75, 3.05) is 13.2 Å². The zero-order chi connectivity index (χ0) is 8.91. The molecule has 4 heteroatoms. The lowest BCUT2D eigenvalue weighted by Crippen LogP contribution is -2.29. The summed E-state index contributed by atoms with van der Waals surface area (Å²) in [5.74, 6) is 0. The van der Waals surface area contributed by atoms with Crippen molar-refractivity contribution in [2.24, 2.45) is 0 Å². The van der Waals surface area contributed by atoms with Crippen LogP contribution in [0.15, 0.2) is 0 Å². The molecule has 0 unspecified atom stereocenters. The average Bonchev–Trinajstić information content (AvgIpc) is 1.78. The van der Waals surface area contributed by atoms with Crippen LogP contribution >= 0.6 is 0 Å². The van der Waals surface area contributed by atoms with E-state index in [4.69, 9.17) is 0 Å². The summed E-state index contributed by atoms with van der Waals surface area (Å²) in [6.07, 6.45) is -3.00. The van der Waals surface area contributed by atoms with Gasteiger partial charge in [-0.2, -0.15) is 8.78 Å².